The Morgan fingerprint density at radius 3 is 3.22 bits per heavy atom. The lowest BCUT2D eigenvalue weighted by molar-refractivity contribution is 0.100. The topological polar surface area (TPSA) is 81.6 Å². The van der Waals surface area contributed by atoms with Gasteiger partial charge in [0.25, 0.3) is 5.91 Å². The van der Waals surface area contributed by atoms with Crippen molar-refractivity contribution in [1.29, 1.82) is 0 Å². The van der Waals surface area contributed by atoms with Crippen LogP contribution in [0.2, 0.25) is 0 Å². The second-order valence-electron chi connectivity index (χ2n) is 5.96. The van der Waals surface area contributed by atoms with Crippen molar-refractivity contribution < 1.29 is 9.90 Å². The average molecular weight is 330 g/mol. The summed E-state index contributed by atoms with van der Waals surface area (Å²) in [4.78, 5) is 26.3. The number of aliphatic hydroxyl groups excluding tert-OH is 1. The van der Waals surface area contributed by atoms with Crippen LogP contribution in [-0.2, 0) is 0 Å². The highest BCUT2D eigenvalue weighted by atomic mass is 32.2. The fourth-order valence-electron chi connectivity index (χ4n) is 3.35. The minimum atomic E-state index is -0.239. The third-order valence-corrected chi connectivity index (χ3v) is 5.48. The van der Waals surface area contributed by atoms with Crippen molar-refractivity contribution in [2.45, 2.75) is 31.4 Å². The maximum Gasteiger partial charge on any atom is 0.281 e. The van der Waals surface area contributed by atoms with Crippen LogP contribution < -0.4 is 0 Å². The van der Waals surface area contributed by atoms with Gasteiger partial charge in [-0.3, -0.25) is 4.79 Å². The number of hydrogen-bond donors (Lipinski definition) is 2. The van der Waals surface area contributed by atoms with Crippen molar-refractivity contribution >= 4 is 33.9 Å². The minimum absolute atomic E-state index is 0.220. The lowest BCUT2D eigenvalue weighted by Crippen LogP contribution is -2.35. The molecule has 0 aromatic carbocycles. The molecule has 23 heavy (non-hydrogen) atoms. The van der Waals surface area contributed by atoms with Crippen LogP contribution >= 0.6 is 11.8 Å². The number of fused-ring (bicyclic) bond motifs is 1. The summed E-state index contributed by atoms with van der Waals surface area (Å²) in [6.45, 7) is 0.892. The third-order valence-electron chi connectivity index (χ3n) is 4.51. The van der Waals surface area contributed by atoms with Crippen molar-refractivity contribution in [2.24, 2.45) is 4.99 Å². The number of pyridine rings is 1. The molecule has 1 saturated heterocycles. The molecule has 0 radical (unpaired) electrons. The van der Waals surface area contributed by atoms with Gasteiger partial charge in [0.05, 0.1) is 11.7 Å². The number of aliphatic imine (C=N–C) groups is 1. The molecular weight excluding hydrogens is 312 g/mol. The summed E-state index contributed by atoms with van der Waals surface area (Å²) in [5.41, 5.74) is 1.26. The molecule has 1 amide bonds. The SMILES string of the molecule is O=C(/N=C1\SCCN1C1CCC(O)C1)c1c[nH]c2ncccc12. The summed E-state index contributed by atoms with van der Waals surface area (Å²) in [5.74, 6) is 0.700. The van der Waals surface area contributed by atoms with Crippen molar-refractivity contribution in [3.63, 3.8) is 0 Å². The molecule has 2 unspecified atom stereocenters. The van der Waals surface area contributed by atoms with E-state index < -0.39 is 0 Å². The van der Waals surface area contributed by atoms with Gasteiger partial charge in [0.15, 0.2) is 5.17 Å². The number of thioether (sulfide) groups is 1. The highest BCUT2D eigenvalue weighted by molar-refractivity contribution is 8.14. The largest absolute Gasteiger partial charge is 0.393 e. The summed E-state index contributed by atoms with van der Waals surface area (Å²) in [6, 6.07) is 3.99. The minimum Gasteiger partial charge on any atom is -0.393 e. The number of carbonyl (C=O) groups is 1. The Kier molecular flexibility index (Phi) is 3.82. The van der Waals surface area contributed by atoms with Gasteiger partial charge in [-0.1, -0.05) is 11.8 Å². The van der Waals surface area contributed by atoms with Crippen LogP contribution in [0.1, 0.15) is 29.6 Å². The normalized spacial score (nSPS) is 26.5. The Bertz CT molecular complexity index is 772. The number of H-pyrrole nitrogens is 1. The lowest BCUT2D eigenvalue weighted by atomic mass is 10.2. The quantitative estimate of drug-likeness (QED) is 0.880. The van der Waals surface area contributed by atoms with Crippen LogP contribution in [0.25, 0.3) is 11.0 Å². The van der Waals surface area contributed by atoms with Crippen molar-refractivity contribution in [1.82, 2.24) is 14.9 Å². The molecule has 0 spiro atoms. The number of rotatable bonds is 2. The summed E-state index contributed by atoms with van der Waals surface area (Å²) >= 11 is 1.62. The summed E-state index contributed by atoms with van der Waals surface area (Å²) < 4.78 is 0. The highest BCUT2D eigenvalue weighted by Gasteiger charge is 2.33. The van der Waals surface area contributed by atoms with E-state index in [1.54, 1.807) is 24.2 Å². The Balaban J connectivity index is 1.60. The zero-order chi connectivity index (χ0) is 15.8. The van der Waals surface area contributed by atoms with Gasteiger partial charge >= 0.3 is 0 Å². The molecule has 1 aliphatic carbocycles. The molecule has 3 heterocycles. The van der Waals surface area contributed by atoms with Gasteiger partial charge in [0.2, 0.25) is 0 Å². The fourth-order valence-corrected chi connectivity index (χ4v) is 4.37. The summed E-state index contributed by atoms with van der Waals surface area (Å²) in [5, 5.41) is 11.3. The molecule has 2 N–H and O–H groups in total. The molecule has 6 nitrogen and oxygen atoms in total. The monoisotopic (exact) mass is 330 g/mol. The Morgan fingerprint density at radius 1 is 1.48 bits per heavy atom. The van der Waals surface area contributed by atoms with Crippen molar-refractivity contribution in [3.8, 4) is 0 Å². The first-order valence-corrected chi connectivity index (χ1v) is 8.83. The van der Waals surface area contributed by atoms with E-state index in [4.69, 9.17) is 0 Å². The number of carbonyl (C=O) groups excluding carboxylic acids is 1. The molecular formula is C16H18N4O2S. The zero-order valence-corrected chi connectivity index (χ0v) is 13.4. The smallest absolute Gasteiger partial charge is 0.281 e. The van der Waals surface area contributed by atoms with Gasteiger partial charge in [-0.05, 0) is 31.4 Å². The fraction of sp³-hybridized carbons (Fsp3) is 0.438. The van der Waals surface area contributed by atoms with E-state index in [1.165, 1.54) is 0 Å². The number of nitrogens with zero attached hydrogens (tertiary/aromatic N) is 3. The Hall–Kier alpha value is -1.86. The standard InChI is InChI=1S/C16H18N4O2S/c21-11-4-3-10(8-11)20-6-7-23-16(20)19-15(22)13-9-18-14-12(13)2-1-5-17-14/h1-2,5,9-11,21H,3-4,6-8H2,(H,17,18)/b19-16-. The second kappa shape index (κ2) is 5.98. The van der Waals surface area contributed by atoms with Gasteiger partial charge in [-0.25, -0.2) is 4.98 Å². The summed E-state index contributed by atoms with van der Waals surface area (Å²) in [6.07, 6.45) is 5.71. The van der Waals surface area contributed by atoms with E-state index >= 15 is 0 Å². The number of aliphatic hydroxyl groups is 1. The molecule has 4 rings (SSSR count). The molecule has 1 aliphatic heterocycles. The average Bonchev–Trinajstić information content (AvgIpc) is 3.25. The molecule has 2 aromatic heterocycles. The number of amides is 1. The van der Waals surface area contributed by atoms with Crippen molar-refractivity contribution in [2.75, 3.05) is 12.3 Å². The maximum atomic E-state index is 12.6. The molecule has 2 aliphatic rings. The zero-order valence-electron chi connectivity index (χ0n) is 12.6. The predicted molar refractivity (Wildman–Crippen MR) is 90.7 cm³/mol. The molecule has 7 heteroatoms. The van der Waals surface area contributed by atoms with Gasteiger partial charge in [0, 0.05) is 36.1 Å². The van der Waals surface area contributed by atoms with Crippen LogP contribution in [0.15, 0.2) is 29.5 Å². The van der Waals surface area contributed by atoms with E-state index in [0.29, 0.717) is 17.3 Å². The Labute approximate surface area is 138 Å². The second-order valence-corrected chi connectivity index (χ2v) is 7.03. The van der Waals surface area contributed by atoms with E-state index in [1.807, 2.05) is 12.1 Å². The van der Waals surface area contributed by atoms with E-state index in [2.05, 4.69) is 19.9 Å². The van der Waals surface area contributed by atoms with Crippen molar-refractivity contribution in [3.05, 3.63) is 30.1 Å². The maximum absolute atomic E-state index is 12.6. The molecule has 2 aromatic rings. The van der Waals surface area contributed by atoms with E-state index in [9.17, 15) is 9.90 Å². The number of amidine groups is 1. The van der Waals surface area contributed by atoms with Crippen LogP contribution in [-0.4, -0.2) is 55.5 Å². The predicted octanol–water partition coefficient (Wildman–Crippen LogP) is 2.02. The van der Waals surface area contributed by atoms with Gasteiger partial charge in [0.1, 0.15) is 5.65 Å². The first kappa shape index (κ1) is 14.7. The first-order chi connectivity index (χ1) is 11.2. The van der Waals surface area contributed by atoms with Gasteiger partial charge in [-0.2, -0.15) is 4.99 Å². The third kappa shape index (κ3) is 2.74. The Morgan fingerprint density at radius 2 is 2.39 bits per heavy atom. The van der Waals surface area contributed by atoms with Crippen LogP contribution in [0.5, 0.6) is 0 Å². The van der Waals surface area contributed by atoms with E-state index in [0.717, 1.165) is 42.1 Å². The van der Waals surface area contributed by atoms with Gasteiger partial charge in [-0.15, -0.1) is 0 Å². The molecule has 0 bridgehead atoms. The number of aromatic amines is 1. The van der Waals surface area contributed by atoms with Crippen LogP contribution in [0.4, 0.5) is 0 Å². The number of hydrogen-bond acceptors (Lipinski definition) is 4. The molecule has 2 atom stereocenters. The van der Waals surface area contributed by atoms with Gasteiger partial charge < -0.3 is 15.0 Å². The first-order valence-electron chi connectivity index (χ1n) is 7.85. The van der Waals surface area contributed by atoms with Crippen LogP contribution in [0.3, 0.4) is 0 Å². The molecule has 1 saturated carbocycles. The number of aromatic nitrogens is 2. The summed E-state index contributed by atoms with van der Waals surface area (Å²) in [7, 11) is 0. The van der Waals surface area contributed by atoms with E-state index in [-0.39, 0.29) is 12.0 Å². The number of nitrogens with one attached hydrogen (secondary N) is 1. The van der Waals surface area contributed by atoms with Crippen LogP contribution in [0, 0.1) is 0 Å². The molecule has 2 fully saturated rings. The highest BCUT2D eigenvalue weighted by Crippen LogP contribution is 2.30. The molecule has 120 valence electrons. The lowest BCUT2D eigenvalue weighted by Gasteiger charge is -2.25.